The number of allylic oxidation sites excluding steroid dienone is 4. The lowest BCUT2D eigenvalue weighted by molar-refractivity contribution is 0.319. The van der Waals surface area contributed by atoms with Gasteiger partial charge in [0.05, 0.1) is 0 Å². The van der Waals surface area contributed by atoms with E-state index in [1.807, 2.05) is 0 Å². The fourth-order valence-electron chi connectivity index (χ4n) is 12.1. The van der Waals surface area contributed by atoms with E-state index in [9.17, 15) is 0 Å². The topological polar surface area (TPSA) is 0 Å². The second-order valence-electron chi connectivity index (χ2n) is 18.4. The highest BCUT2D eigenvalue weighted by Crippen LogP contribution is 2.59. The molecular formula is C65H46. The van der Waals surface area contributed by atoms with Crippen LogP contribution < -0.4 is 0 Å². The number of benzene rings is 10. The van der Waals surface area contributed by atoms with Crippen LogP contribution in [0.5, 0.6) is 0 Å². The summed E-state index contributed by atoms with van der Waals surface area (Å²) >= 11 is 0. The Morgan fingerprint density at radius 2 is 0.938 bits per heavy atom. The molecule has 2 unspecified atom stereocenters. The van der Waals surface area contributed by atoms with Crippen LogP contribution in [0.1, 0.15) is 50.4 Å². The highest BCUT2D eigenvalue weighted by atomic mass is 14.5. The van der Waals surface area contributed by atoms with E-state index in [1.165, 1.54) is 110 Å². The van der Waals surface area contributed by atoms with Crippen molar-refractivity contribution < 1.29 is 0 Å². The lowest BCUT2D eigenvalue weighted by atomic mass is 9.61. The van der Waals surface area contributed by atoms with Gasteiger partial charge in [-0.15, -0.1) is 0 Å². The first-order chi connectivity index (χ1) is 32.2. The molecule has 2 atom stereocenters. The van der Waals surface area contributed by atoms with Crippen molar-refractivity contribution >= 4 is 49.5 Å². The van der Waals surface area contributed by atoms with E-state index in [1.54, 1.807) is 0 Å². The molecule has 3 aliphatic carbocycles. The maximum atomic E-state index is 2.64. The standard InChI is InChI=1S/C65H46/c1-3-15-45(16-4-1)59(46-17-5-2-6-18-46)39-43-29-31-48(32-30-43)63-55-24-7-9-26-57(55)64(58-27-10-8-25-56(58)63)49-35-33-44(34-36-49)50-37-38-54-53-23-11-12-28-60(53)65(61(54)40-50)41-51-21-13-19-47-20-14-22-52(42-65)62(47)51/h1-40,54,61H,41-42H2. The Kier molecular flexibility index (Phi) is 8.81. The van der Waals surface area contributed by atoms with E-state index in [0.29, 0.717) is 11.8 Å². The van der Waals surface area contributed by atoms with Crippen molar-refractivity contribution in [2.45, 2.75) is 24.2 Å². The third-order valence-corrected chi connectivity index (χ3v) is 14.9. The zero-order chi connectivity index (χ0) is 42.9. The van der Waals surface area contributed by atoms with E-state index < -0.39 is 0 Å². The average Bonchev–Trinajstić information content (AvgIpc) is 3.63. The fraction of sp³-hybridized carbons (Fsp3) is 0.0769. The molecule has 0 amide bonds. The van der Waals surface area contributed by atoms with E-state index in [4.69, 9.17) is 0 Å². The van der Waals surface area contributed by atoms with Gasteiger partial charge in [-0.1, -0.05) is 237 Å². The first-order valence-electron chi connectivity index (χ1n) is 23.2. The molecular weight excluding hydrogens is 781 g/mol. The maximum absolute atomic E-state index is 2.64. The van der Waals surface area contributed by atoms with Gasteiger partial charge < -0.3 is 0 Å². The van der Waals surface area contributed by atoms with Crippen LogP contribution in [0.15, 0.2) is 237 Å². The van der Waals surface area contributed by atoms with Crippen molar-refractivity contribution in [3.63, 3.8) is 0 Å². The van der Waals surface area contributed by atoms with E-state index in [2.05, 4.69) is 243 Å². The SMILES string of the molecule is C1=CC2c3ccccc3C3(Cc4cccc5cccc(c45)C3)C2C=C1c1ccc(-c2c3ccccc3c(-c3ccc(C=C(c4ccccc4)c4ccccc4)cc3)c3ccccc23)cc1. The molecule has 13 rings (SSSR count). The van der Waals surface area contributed by atoms with Crippen molar-refractivity contribution in [3.05, 3.63) is 281 Å². The summed E-state index contributed by atoms with van der Waals surface area (Å²) in [6.45, 7) is 0. The third-order valence-electron chi connectivity index (χ3n) is 14.9. The summed E-state index contributed by atoms with van der Waals surface area (Å²) in [6, 6.07) is 81.1. The minimum absolute atomic E-state index is 0.0176. The summed E-state index contributed by atoms with van der Waals surface area (Å²) in [4.78, 5) is 0. The molecule has 3 aliphatic rings. The molecule has 0 bridgehead atoms. The van der Waals surface area contributed by atoms with Gasteiger partial charge in [-0.3, -0.25) is 0 Å². The normalized spacial score (nSPS) is 16.6. The maximum Gasteiger partial charge on any atom is 0.0109 e. The molecule has 65 heavy (non-hydrogen) atoms. The Balaban J connectivity index is 0.873. The summed E-state index contributed by atoms with van der Waals surface area (Å²) in [5.41, 5.74) is 18.5. The highest BCUT2D eigenvalue weighted by molar-refractivity contribution is 6.21. The minimum Gasteiger partial charge on any atom is -0.0758 e. The van der Waals surface area contributed by atoms with Crippen molar-refractivity contribution in [1.82, 2.24) is 0 Å². The summed E-state index contributed by atoms with van der Waals surface area (Å²) in [7, 11) is 0. The molecule has 0 heteroatoms. The Hall–Kier alpha value is -7.80. The molecule has 0 fully saturated rings. The Bertz CT molecular complexity index is 3430. The molecule has 0 aliphatic heterocycles. The molecule has 10 aromatic rings. The largest absolute Gasteiger partial charge is 0.0758 e. The molecule has 0 heterocycles. The van der Waals surface area contributed by atoms with Crippen molar-refractivity contribution in [2.24, 2.45) is 5.92 Å². The van der Waals surface area contributed by atoms with Gasteiger partial charge in [0, 0.05) is 11.3 Å². The Morgan fingerprint density at radius 3 is 1.51 bits per heavy atom. The lowest BCUT2D eigenvalue weighted by Crippen LogP contribution is -2.39. The Labute approximate surface area is 381 Å². The fourth-order valence-corrected chi connectivity index (χ4v) is 12.1. The highest BCUT2D eigenvalue weighted by Gasteiger charge is 2.52. The molecule has 0 N–H and O–H groups in total. The smallest absolute Gasteiger partial charge is 0.0109 e. The molecule has 0 saturated heterocycles. The predicted octanol–water partition coefficient (Wildman–Crippen LogP) is 16.5. The number of rotatable bonds is 6. The van der Waals surface area contributed by atoms with Crippen LogP contribution in [0.2, 0.25) is 0 Å². The van der Waals surface area contributed by atoms with Crippen molar-refractivity contribution in [2.75, 3.05) is 0 Å². The van der Waals surface area contributed by atoms with Gasteiger partial charge in [0.2, 0.25) is 0 Å². The first kappa shape index (κ1) is 37.7. The van der Waals surface area contributed by atoms with E-state index >= 15 is 0 Å². The summed E-state index contributed by atoms with van der Waals surface area (Å²) < 4.78 is 0. The quantitative estimate of drug-likeness (QED) is 0.116. The number of fused-ring (bicyclic) bond motifs is 7. The minimum atomic E-state index is 0.0176. The number of hydrogen-bond donors (Lipinski definition) is 0. The average molecular weight is 827 g/mol. The van der Waals surface area contributed by atoms with E-state index in [-0.39, 0.29) is 5.41 Å². The van der Waals surface area contributed by atoms with Gasteiger partial charge in [0.15, 0.2) is 0 Å². The van der Waals surface area contributed by atoms with Crippen LogP contribution in [0.25, 0.3) is 71.8 Å². The molecule has 0 saturated carbocycles. The molecule has 0 aromatic heterocycles. The van der Waals surface area contributed by atoms with Crippen LogP contribution >= 0.6 is 0 Å². The third kappa shape index (κ3) is 6.12. The zero-order valence-electron chi connectivity index (χ0n) is 36.2. The predicted molar refractivity (Wildman–Crippen MR) is 275 cm³/mol. The monoisotopic (exact) mass is 826 g/mol. The van der Waals surface area contributed by atoms with Crippen molar-refractivity contribution in [3.8, 4) is 22.3 Å². The first-order valence-corrected chi connectivity index (χ1v) is 23.2. The van der Waals surface area contributed by atoms with Crippen molar-refractivity contribution in [1.29, 1.82) is 0 Å². The molecule has 0 nitrogen and oxygen atoms in total. The summed E-state index contributed by atoms with van der Waals surface area (Å²) in [5.74, 6) is 0.757. The van der Waals surface area contributed by atoms with Crippen LogP contribution in [0.3, 0.4) is 0 Å². The Morgan fingerprint density at radius 1 is 0.446 bits per heavy atom. The van der Waals surface area contributed by atoms with Gasteiger partial charge in [-0.25, -0.2) is 0 Å². The second kappa shape index (κ2) is 15.2. The molecule has 306 valence electrons. The van der Waals surface area contributed by atoms with Gasteiger partial charge in [0.25, 0.3) is 0 Å². The van der Waals surface area contributed by atoms with Crippen LogP contribution in [0.4, 0.5) is 0 Å². The van der Waals surface area contributed by atoms with Gasteiger partial charge in [0.1, 0.15) is 0 Å². The lowest BCUT2D eigenvalue weighted by Gasteiger charge is -2.42. The molecule has 1 spiro atoms. The van der Waals surface area contributed by atoms with Crippen LogP contribution in [-0.4, -0.2) is 0 Å². The van der Waals surface area contributed by atoms with Crippen LogP contribution in [-0.2, 0) is 18.3 Å². The molecule has 10 aromatic carbocycles. The summed E-state index contributed by atoms with van der Waals surface area (Å²) in [5, 5.41) is 7.91. The summed E-state index contributed by atoms with van der Waals surface area (Å²) in [6.07, 6.45) is 12.0. The second-order valence-corrected chi connectivity index (χ2v) is 18.4. The van der Waals surface area contributed by atoms with E-state index in [0.717, 1.165) is 12.8 Å². The zero-order valence-corrected chi connectivity index (χ0v) is 36.2. The van der Waals surface area contributed by atoms with Gasteiger partial charge in [-0.2, -0.15) is 0 Å². The van der Waals surface area contributed by atoms with Crippen LogP contribution in [0, 0.1) is 5.92 Å². The molecule has 0 radical (unpaired) electrons. The number of hydrogen-bond acceptors (Lipinski definition) is 0. The van der Waals surface area contributed by atoms with Gasteiger partial charge in [-0.05, 0) is 135 Å². The van der Waals surface area contributed by atoms with Gasteiger partial charge >= 0.3 is 0 Å².